The van der Waals surface area contributed by atoms with Crippen LogP contribution in [0.4, 0.5) is 10.5 Å². The maximum absolute atomic E-state index is 11.8. The average molecular weight is 421 g/mol. The molecule has 0 aliphatic carbocycles. The smallest absolute Gasteiger partial charge is 0.319 e. The van der Waals surface area contributed by atoms with Crippen LogP contribution in [-0.4, -0.2) is 6.03 Å². The van der Waals surface area contributed by atoms with Gasteiger partial charge in [0, 0.05) is 31.4 Å². The summed E-state index contributed by atoms with van der Waals surface area (Å²) in [6, 6.07) is 12.4. The van der Waals surface area contributed by atoms with Crippen molar-refractivity contribution in [2.45, 2.75) is 6.54 Å². The molecule has 0 aromatic heterocycles. The number of carbonyl (C=O) groups excluding carboxylic acids is 1. The fourth-order valence-corrected chi connectivity index (χ4v) is 2.47. The molecule has 2 aromatic rings. The molecule has 2 rings (SSSR count). The van der Waals surface area contributed by atoms with Crippen LogP contribution in [0.3, 0.4) is 0 Å². The summed E-state index contributed by atoms with van der Waals surface area (Å²) in [7, 11) is 0. The summed E-state index contributed by atoms with van der Waals surface area (Å²) in [6.07, 6.45) is 0. The highest BCUT2D eigenvalue weighted by atomic mass is 127. The van der Waals surface area contributed by atoms with Gasteiger partial charge in [-0.05, 0) is 59.0 Å². The second kappa shape index (κ2) is 7.15. The number of halogens is 3. The highest BCUT2D eigenvalue weighted by molar-refractivity contribution is 14.1. The number of urea groups is 1. The van der Waals surface area contributed by atoms with Crippen LogP contribution in [0.1, 0.15) is 5.56 Å². The van der Waals surface area contributed by atoms with Gasteiger partial charge in [0.15, 0.2) is 0 Å². The Morgan fingerprint density at radius 1 is 1.05 bits per heavy atom. The summed E-state index contributed by atoms with van der Waals surface area (Å²) in [5.41, 5.74) is 1.43. The summed E-state index contributed by atoms with van der Waals surface area (Å²) in [5.74, 6) is 0. The molecule has 2 aromatic carbocycles. The lowest BCUT2D eigenvalue weighted by molar-refractivity contribution is 0.252. The molecule has 2 amide bonds. The Balaban J connectivity index is 1.94. The van der Waals surface area contributed by atoms with Crippen LogP contribution in [0.15, 0.2) is 42.5 Å². The van der Waals surface area contributed by atoms with Gasteiger partial charge in [0.2, 0.25) is 0 Å². The normalized spacial score (nSPS) is 10.2. The summed E-state index contributed by atoms with van der Waals surface area (Å²) in [4.78, 5) is 11.8. The fourth-order valence-electron chi connectivity index (χ4n) is 1.58. The van der Waals surface area contributed by atoms with Crippen molar-refractivity contribution in [1.82, 2.24) is 5.32 Å². The van der Waals surface area contributed by atoms with E-state index in [1.807, 2.05) is 24.3 Å². The van der Waals surface area contributed by atoms with E-state index in [0.717, 1.165) is 9.26 Å². The SMILES string of the molecule is O=C(NCc1c(Cl)cccc1Cl)Nc1ccc(I)cc1. The molecule has 6 heteroatoms. The Labute approximate surface area is 140 Å². The van der Waals surface area contributed by atoms with E-state index < -0.39 is 0 Å². The first-order valence-electron chi connectivity index (χ1n) is 5.79. The third kappa shape index (κ3) is 4.26. The molecule has 0 radical (unpaired) electrons. The molecule has 0 unspecified atom stereocenters. The van der Waals surface area contributed by atoms with Gasteiger partial charge in [-0.25, -0.2) is 4.79 Å². The Bertz CT molecular complexity index is 597. The van der Waals surface area contributed by atoms with Gasteiger partial charge in [-0.1, -0.05) is 29.3 Å². The zero-order valence-electron chi connectivity index (χ0n) is 10.3. The maximum atomic E-state index is 11.8. The minimum absolute atomic E-state index is 0.273. The predicted octanol–water partition coefficient (Wildman–Crippen LogP) is 4.92. The van der Waals surface area contributed by atoms with Crippen LogP contribution >= 0.6 is 45.8 Å². The van der Waals surface area contributed by atoms with Gasteiger partial charge >= 0.3 is 6.03 Å². The summed E-state index contributed by atoms with van der Waals surface area (Å²) in [5, 5.41) is 6.53. The largest absolute Gasteiger partial charge is 0.334 e. The molecule has 0 aliphatic rings. The number of anilines is 1. The minimum atomic E-state index is -0.304. The van der Waals surface area contributed by atoms with Crippen LogP contribution in [0.25, 0.3) is 0 Å². The van der Waals surface area contributed by atoms with Crippen LogP contribution < -0.4 is 10.6 Å². The summed E-state index contributed by atoms with van der Waals surface area (Å²) < 4.78 is 1.11. The molecule has 0 aliphatic heterocycles. The van der Waals surface area contributed by atoms with Crippen LogP contribution in [0.5, 0.6) is 0 Å². The molecule has 0 fully saturated rings. The second-order valence-corrected chi connectivity index (χ2v) is 6.07. The van der Waals surface area contributed by atoms with E-state index in [1.165, 1.54) is 0 Å². The van der Waals surface area contributed by atoms with Gasteiger partial charge in [-0.15, -0.1) is 0 Å². The standard InChI is InChI=1S/C14H11Cl2IN2O/c15-12-2-1-3-13(16)11(12)8-18-14(20)19-10-6-4-9(17)5-7-10/h1-7H,8H2,(H2,18,19,20). The Kier molecular flexibility index (Phi) is 5.51. The Hall–Kier alpha value is -0.980. The monoisotopic (exact) mass is 420 g/mol. The maximum Gasteiger partial charge on any atom is 0.319 e. The topological polar surface area (TPSA) is 41.1 Å². The van der Waals surface area contributed by atoms with Gasteiger partial charge < -0.3 is 10.6 Å². The van der Waals surface area contributed by atoms with E-state index in [0.29, 0.717) is 15.6 Å². The van der Waals surface area contributed by atoms with E-state index in [9.17, 15) is 4.79 Å². The van der Waals surface area contributed by atoms with E-state index in [1.54, 1.807) is 18.2 Å². The molecular formula is C14H11Cl2IN2O. The fraction of sp³-hybridized carbons (Fsp3) is 0.0714. The zero-order valence-corrected chi connectivity index (χ0v) is 14.0. The van der Waals surface area contributed by atoms with Crippen molar-refractivity contribution in [3.63, 3.8) is 0 Å². The summed E-state index contributed by atoms with van der Waals surface area (Å²) in [6.45, 7) is 0.273. The number of carbonyl (C=O) groups is 1. The minimum Gasteiger partial charge on any atom is -0.334 e. The molecule has 20 heavy (non-hydrogen) atoms. The molecule has 0 atom stereocenters. The van der Waals surface area contributed by atoms with Crippen molar-refractivity contribution in [3.05, 3.63) is 61.6 Å². The number of nitrogens with one attached hydrogen (secondary N) is 2. The third-order valence-electron chi connectivity index (χ3n) is 2.59. The first-order valence-corrected chi connectivity index (χ1v) is 7.63. The lowest BCUT2D eigenvalue weighted by atomic mass is 10.2. The predicted molar refractivity (Wildman–Crippen MR) is 91.5 cm³/mol. The van der Waals surface area contributed by atoms with Crippen molar-refractivity contribution in [2.75, 3.05) is 5.32 Å². The van der Waals surface area contributed by atoms with Crippen LogP contribution in [-0.2, 0) is 6.54 Å². The number of rotatable bonds is 3. The van der Waals surface area contributed by atoms with Crippen molar-refractivity contribution in [2.24, 2.45) is 0 Å². The molecule has 0 saturated carbocycles. The molecule has 0 spiro atoms. The quantitative estimate of drug-likeness (QED) is 0.680. The average Bonchev–Trinajstić information content (AvgIpc) is 2.41. The molecule has 104 valence electrons. The van der Waals surface area contributed by atoms with Crippen molar-refractivity contribution in [3.8, 4) is 0 Å². The lowest BCUT2D eigenvalue weighted by Gasteiger charge is -2.10. The van der Waals surface area contributed by atoms with E-state index in [4.69, 9.17) is 23.2 Å². The Morgan fingerprint density at radius 2 is 1.65 bits per heavy atom. The highest BCUT2D eigenvalue weighted by Gasteiger charge is 2.07. The van der Waals surface area contributed by atoms with Gasteiger partial charge in [0.1, 0.15) is 0 Å². The van der Waals surface area contributed by atoms with E-state index >= 15 is 0 Å². The first-order chi connectivity index (χ1) is 9.56. The molecule has 3 nitrogen and oxygen atoms in total. The van der Waals surface area contributed by atoms with Gasteiger partial charge in [0.25, 0.3) is 0 Å². The first kappa shape index (κ1) is 15.4. The number of amides is 2. The zero-order chi connectivity index (χ0) is 14.5. The van der Waals surface area contributed by atoms with Crippen molar-refractivity contribution < 1.29 is 4.79 Å². The lowest BCUT2D eigenvalue weighted by Crippen LogP contribution is -2.28. The number of benzene rings is 2. The van der Waals surface area contributed by atoms with Crippen LogP contribution in [0, 0.1) is 3.57 Å². The molecule has 0 bridgehead atoms. The van der Waals surface area contributed by atoms with Crippen molar-refractivity contribution in [1.29, 1.82) is 0 Å². The van der Waals surface area contributed by atoms with Gasteiger partial charge in [0.05, 0.1) is 0 Å². The van der Waals surface area contributed by atoms with E-state index in [-0.39, 0.29) is 12.6 Å². The molecule has 0 heterocycles. The van der Waals surface area contributed by atoms with Gasteiger partial charge in [-0.3, -0.25) is 0 Å². The molecule has 2 N–H and O–H groups in total. The molecule has 0 saturated heterocycles. The number of hydrogen-bond donors (Lipinski definition) is 2. The second-order valence-electron chi connectivity index (χ2n) is 4.01. The van der Waals surface area contributed by atoms with E-state index in [2.05, 4.69) is 33.2 Å². The summed E-state index contributed by atoms with van der Waals surface area (Å²) >= 11 is 14.3. The molecular weight excluding hydrogens is 410 g/mol. The van der Waals surface area contributed by atoms with Gasteiger partial charge in [-0.2, -0.15) is 0 Å². The third-order valence-corrected chi connectivity index (χ3v) is 4.02. The van der Waals surface area contributed by atoms with Crippen molar-refractivity contribution >= 4 is 57.5 Å². The Morgan fingerprint density at radius 3 is 2.25 bits per heavy atom. The highest BCUT2D eigenvalue weighted by Crippen LogP contribution is 2.23. The number of hydrogen-bond acceptors (Lipinski definition) is 1. The van der Waals surface area contributed by atoms with Crippen LogP contribution in [0.2, 0.25) is 10.0 Å².